The summed E-state index contributed by atoms with van der Waals surface area (Å²) >= 11 is 0. The largest absolute Gasteiger partial charge is 0.508 e. The second-order valence-electron chi connectivity index (χ2n) is 9.56. The lowest BCUT2D eigenvalue weighted by atomic mass is 9.98. The van der Waals surface area contributed by atoms with E-state index in [1.165, 1.54) is 17.0 Å². The van der Waals surface area contributed by atoms with Crippen LogP contribution >= 0.6 is 0 Å². The molecule has 0 radical (unpaired) electrons. The molecule has 0 saturated carbocycles. The summed E-state index contributed by atoms with van der Waals surface area (Å²) in [5.41, 5.74) is 3.13. The van der Waals surface area contributed by atoms with E-state index in [2.05, 4.69) is 15.6 Å². The summed E-state index contributed by atoms with van der Waals surface area (Å²) in [7, 11) is 0. The highest BCUT2D eigenvalue weighted by atomic mass is 16.3. The fourth-order valence-corrected chi connectivity index (χ4v) is 3.95. The van der Waals surface area contributed by atoms with Crippen molar-refractivity contribution in [3.8, 4) is 5.75 Å². The number of benzene rings is 3. The van der Waals surface area contributed by atoms with Gasteiger partial charge in [-0.3, -0.25) is 14.5 Å². The zero-order valence-corrected chi connectivity index (χ0v) is 21.0. The van der Waals surface area contributed by atoms with Gasteiger partial charge in [-0.15, -0.1) is 5.10 Å². The van der Waals surface area contributed by atoms with E-state index in [1.54, 1.807) is 16.8 Å². The topological polar surface area (TPSA) is 100 Å². The third-order valence-corrected chi connectivity index (χ3v) is 6.35. The number of aromatic nitrogens is 3. The zero-order chi connectivity index (χ0) is 25.9. The van der Waals surface area contributed by atoms with Gasteiger partial charge in [0.25, 0.3) is 0 Å². The molecule has 0 aliphatic rings. The predicted molar refractivity (Wildman–Crippen MR) is 140 cm³/mol. The van der Waals surface area contributed by atoms with Crippen LogP contribution in [-0.2, 0) is 16.1 Å². The van der Waals surface area contributed by atoms with Gasteiger partial charge in [-0.25, -0.2) is 4.68 Å². The standard InChI is InChI=1S/C28H31N5O3/c1-5-28(3,4)29-27(36)26(20-12-16-22(34)17-13-20)33(21-14-10-19(2)11-15-21)25(35)18-32-24-9-7-6-8-23(24)30-31-32/h6-17,26,34H,5,18H2,1-4H3,(H,29,36)/t26-/m0/s1. The van der Waals surface area contributed by atoms with Crippen LogP contribution in [0.1, 0.15) is 44.4 Å². The second kappa shape index (κ2) is 10.2. The number of hydrogen-bond acceptors (Lipinski definition) is 5. The van der Waals surface area contributed by atoms with Gasteiger partial charge in [0.15, 0.2) is 0 Å². The molecular weight excluding hydrogens is 454 g/mol. The monoisotopic (exact) mass is 485 g/mol. The summed E-state index contributed by atoms with van der Waals surface area (Å²) in [6, 6.07) is 20.3. The van der Waals surface area contributed by atoms with Crippen molar-refractivity contribution in [3.63, 3.8) is 0 Å². The number of carbonyl (C=O) groups is 2. The molecular formula is C28H31N5O3. The first-order chi connectivity index (χ1) is 17.2. The first kappa shape index (κ1) is 24.9. The summed E-state index contributed by atoms with van der Waals surface area (Å²) in [5.74, 6) is -0.559. The van der Waals surface area contributed by atoms with Crippen molar-refractivity contribution in [1.82, 2.24) is 20.3 Å². The van der Waals surface area contributed by atoms with Gasteiger partial charge in [0, 0.05) is 11.2 Å². The minimum Gasteiger partial charge on any atom is -0.508 e. The lowest BCUT2D eigenvalue weighted by molar-refractivity contribution is -0.128. The van der Waals surface area contributed by atoms with Crippen molar-refractivity contribution >= 4 is 28.5 Å². The molecule has 0 saturated heterocycles. The predicted octanol–water partition coefficient (Wildman–Crippen LogP) is 4.52. The Bertz CT molecular complexity index is 1360. The molecule has 0 unspecified atom stereocenters. The average molecular weight is 486 g/mol. The lowest BCUT2D eigenvalue weighted by Crippen LogP contribution is -2.51. The van der Waals surface area contributed by atoms with Gasteiger partial charge in [0.05, 0.1) is 5.52 Å². The van der Waals surface area contributed by atoms with Gasteiger partial charge in [0.1, 0.15) is 23.9 Å². The van der Waals surface area contributed by atoms with Crippen molar-refractivity contribution in [1.29, 1.82) is 0 Å². The summed E-state index contributed by atoms with van der Waals surface area (Å²) in [6.45, 7) is 7.74. The highest BCUT2D eigenvalue weighted by molar-refractivity contribution is 6.01. The maximum Gasteiger partial charge on any atom is 0.249 e. The third-order valence-electron chi connectivity index (χ3n) is 6.35. The summed E-state index contributed by atoms with van der Waals surface area (Å²) in [4.78, 5) is 29.3. The molecule has 8 heteroatoms. The van der Waals surface area contributed by atoms with Gasteiger partial charge in [-0.05, 0) is 69.2 Å². The Morgan fingerprint density at radius 3 is 2.36 bits per heavy atom. The summed E-state index contributed by atoms with van der Waals surface area (Å²) in [6.07, 6.45) is 0.713. The van der Waals surface area contributed by atoms with Crippen LogP contribution < -0.4 is 10.2 Å². The van der Waals surface area contributed by atoms with Crippen LogP contribution in [-0.4, -0.2) is 37.5 Å². The molecule has 0 fully saturated rings. The Morgan fingerprint density at radius 1 is 1.03 bits per heavy atom. The van der Waals surface area contributed by atoms with Gasteiger partial charge in [-0.2, -0.15) is 0 Å². The normalized spacial score (nSPS) is 12.3. The Morgan fingerprint density at radius 2 is 1.69 bits per heavy atom. The van der Waals surface area contributed by atoms with E-state index in [-0.39, 0.29) is 24.1 Å². The number of para-hydroxylation sites is 1. The molecule has 0 spiro atoms. The molecule has 8 nitrogen and oxygen atoms in total. The molecule has 186 valence electrons. The number of nitrogens with one attached hydrogen (secondary N) is 1. The van der Waals surface area contributed by atoms with E-state index < -0.39 is 11.6 Å². The highest BCUT2D eigenvalue weighted by Gasteiger charge is 2.35. The van der Waals surface area contributed by atoms with Crippen LogP contribution in [0.4, 0.5) is 5.69 Å². The van der Waals surface area contributed by atoms with Gasteiger partial charge < -0.3 is 10.4 Å². The van der Waals surface area contributed by atoms with Gasteiger partial charge in [0.2, 0.25) is 11.8 Å². The minimum atomic E-state index is -0.971. The van der Waals surface area contributed by atoms with E-state index in [4.69, 9.17) is 0 Å². The first-order valence-corrected chi connectivity index (χ1v) is 12.0. The lowest BCUT2D eigenvalue weighted by Gasteiger charge is -2.34. The SMILES string of the molecule is CCC(C)(C)NC(=O)[C@H](c1ccc(O)cc1)N(C(=O)Cn1nnc2ccccc21)c1ccc(C)cc1. The molecule has 2 N–H and O–H groups in total. The Kier molecular flexibility index (Phi) is 7.05. The molecule has 1 aromatic heterocycles. The fourth-order valence-electron chi connectivity index (χ4n) is 3.95. The first-order valence-electron chi connectivity index (χ1n) is 12.0. The van der Waals surface area contributed by atoms with Crippen LogP contribution in [0.3, 0.4) is 0 Å². The van der Waals surface area contributed by atoms with E-state index >= 15 is 0 Å². The van der Waals surface area contributed by atoms with Crippen molar-refractivity contribution in [2.24, 2.45) is 0 Å². The maximum absolute atomic E-state index is 14.0. The average Bonchev–Trinajstić information content (AvgIpc) is 3.26. The third kappa shape index (κ3) is 5.38. The zero-order valence-electron chi connectivity index (χ0n) is 21.0. The molecule has 0 bridgehead atoms. The Balaban J connectivity index is 1.81. The maximum atomic E-state index is 14.0. The number of amides is 2. The van der Waals surface area contributed by atoms with Crippen molar-refractivity contribution in [2.45, 2.75) is 52.2 Å². The number of anilines is 1. The quantitative estimate of drug-likeness (QED) is 0.382. The number of nitrogens with zero attached hydrogens (tertiary/aromatic N) is 4. The number of rotatable bonds is 8. The molecule has 1 heterocycles. The van der Waals surface area contributed by atoms with Crippen LogP contribution in [0, 0.1) is 6.92 Å². The molecule has 0 aliphatic carbocycles. The van der Waals surface area contributed by atoms with E-state index in [0.717, 1.165) is 11.1 Å². The number of fused-ring (bicyclic) bond motifs is 1. The highest BCUT2D eigenvalue weighted by Crippen LogP contribution is 2.31. The minimum absolute atomic E-state index is 0.0779. The molecule has 4 aromatic rings. The molecule has 3 aromatic carbocycles. The molecule has 4 rings (SSSR count). The molecule has 1 atom stereocenters. The number of aromatic hydroxyl groups is 1. The van der Waals surface area contributed by atoms with Crippen LogP contribution in [0.15, 0.2) is 72.8 Å². The Hall–Kier alpha value is -4.20. The van der Waals surface area contributed by atoms with E-state index in [0.29, 0.717) is 23.2 Å². The van der Waals surface area contributed by atoms with Gasteiger partial charge >= 0.3 is 0 Å². The molecule has 36 heavy (non-hydrogen) atoms. The Labute approximate surface area is 210 Å². The van der Waals surface area contributed by atoms with E-state index in [9.17, 15) is 14.7 Å². The van der Waals surface area contributed by atoms with Crippen LogP contribution in [0.2, 0.25) is 0 Å². The fraction of sp³-hybridized carbons (Fsp3) is 0.286. The number of hydrogen-bond donors (Lipinski definition) is 2. The number of phenolic OH excluding ortho intramolecular Hbond substituents is 1. The number of aryl methyl sites for hydroxylation is 1. The smallest absolute Gasteiger partial charge is 0.249 e. The summed E-state index contributed by atoms with van der Waals surface area (Å²) < 4.78 is 1.54. The van der Waals surface area contributed by atoms with Crippen molar-refractivity contribution < 1.29 is 14.7 Å². The van der Waals surface area contributed by atoms with E-state index in [1.807, 2.05) is 76.2 Å². The van der Waals surface area contributed by atoms with Crippen LogP contribution in [0.25, 0.3) is 11.0 Å². The second-order valence-corrected chi connectivity index (χ2v) is 9.56. The van der Waals surface area contributed by atoms with Crippen molar-refractivity contribution in [3.05, 3.63) is 83.9 Å². The number of carbonyl (C=O) groups excluding carboxylic acids is 2. The molecule has 0 aliphatic heterocycles. The summed E-state index contributed by atoms with van der Waals surface area (Å²) in [5, 5.41) is 21.3. The molecule has 2 amide bonds. The van der Waals surface area contributed by atoms with Crippen molar-refractivity contribution in [2.75, 3.05) is 4.90 Å². The number of phenols is 1. The van der Waals surface area contributed by atoms with Crippen LogP contribution in [0.5, 0.6) is 5.75 Å². The van der Waals surface area contributed by atoms with Gasteiger partial charge in [-0.1, -0.05) is 54.1 Å².